The van der Waals surface area contributed by atoms with Crippen molar-refractivity contribution in [3.63, 3.8) is 0 Å². The summed E-state index contributed by atoms with van der Waals surface area (Å²) in [5.41, 5.74) is 5.82. The summed E-state index contributed by atoms with van der Waals surface area (Å²) in [5, 5.41) is 11.9. The highest BCUT2D eigenvalue weighted by atomic mass is 15.5. The van der Waals surface area contributed by atoms with Crippen molar-refractivity contribution >= 4 is 0 Å². The molecule has 2 rings (SSSR count). The van der Waals surface area contributed by atoms with Gasteiger partial charge in [0.2, 0.25) is 0 Å². The lowest BCUT2D eigenvalue weighted by molar-refractivity contribution is 0.139. The Labute approximate surface area is 102 Å². The highest BCUT2D eigenvalue weighted by Gasteiger charge is 2.22. The van der Waals surface area contributed by atoms with Gasteiger partial charge in [-0.2, -0.15) is 0 Å². The van der Waals surface area contributed by atoms with E-state index in [9.17, 15) is 0 Å². The van der Waals surface area contributed by atoms with Crippen molar-refractivity contribution in [2.45, 2.75) is 51.7 Å². The van der Waals surface area contributed by atoms with Gasteiger partial charge in [-0.25, -0.2) is 4.68 Å². The monoisotopic (exact) mass is 238 g/mol. The first kappa shape index (κ1) is 12.4. The van der Waals surface area contributed by atoms with Crippen molar-refractivity contribution < 1.29 is 0 Å². The summed E-state index contributed by atoms with van der Waals surface area (Å²) in [4.78, 5) is 2.42. The summed E-state index contributed by atoms with van der Waals surface area (Å²) in [6, 6.07) is 0.496. The van der Waals surface area contributed by atoms with Gasteiger partial charge in [-0.15, -0.1) is 5.10 Å². The number of aromatic nitrogens is 4. The maximum absolute atomic E-state index is 5.82. The minimum atomic E-state index is 0.496. The quantitative estimate of drug-likeness (QED) is 0.803. The van der Waals surface area contributed by atoms with Crippen molar-refractivity contribution in [2.75, 3.05) is 13.1 Å². The molecule has 6 heteroatoms. The molecule has 2 N–H and O–H groups in total. The van der Waals surface area contributed by atoms with Gasteiger partial charge in [0, 0.05) is 19.1 Å². The standard InChI is InChI=1S/C11H22N6/c1-2-6-17-11(13-14-15-17)9-16-7-4-3-5-10(16)8-12/h10H,2-9,12H2,1H3. The van der Waals surface area contributed by atoms with E-state index in [0.717, 1.165) is 38.4 Å². The minimum absolute atomic E-state index is 0.496. The summed E-state index contributed by atoms with van der Waals surface area (Å²) in [7, 11) is 0. The van der Waals surface area contributed by atoms with Gasteiger partial charge in [0.1, 0.15) is 0 Å². The third-order valence-electron chi connectivity index (χ3n) is 3.41. The molecule has 1 saturated heterocycles. The van der Waals surface area contributed by atoms with Crippen LogP contribution in [0.2, 0.25) is 0 Å². The molecule has 0 spiro atoms. The van der Waals surface area contributed by atoms with E-state index < -0.39 is 0 Å². The topological polar surface area (TPSA) is 72.9 Å². The molecule has 1 aromatic rings. The molecule has 2 heterocycles. The second kappa shape index (κ2) is 6.07. The summed E-state index contributed by atoms with van der Waals surface area (Å²) in [6.45, 7) is 5.70. The smallest absolute Gasteiger partial charge is 0.165 e. The molecular weight excluding hydrogens is 216 g/mol. The van der Waals surface area contributed by atoms with E-state index in [1.54, 1.807) is 0 Å². The number of rotatable bonds is 5. The summed E-state index contributed by atoms with van der Waals surface area (Å²) >= 11 is 0. The first-order valence-electron chi connectivity index (χ1n) is 6.54. The van der Waals surface area contributed by atoms with Crippen LogP contribution in [0.3, 0.4) is 0 Å². The molecule has 0 bridgehead atoms. The fourth-order valence-corrected chi connectivity index (χ4v) is 2.44. The van der Waals surface area contributed by atoms with Crippen LogP contribution in [0.4, 0.5) is 0 Å². The molecular formula is C11H22N6. The average molecular weight is 238 g/mol. The highest BCUT2D eigenvalue weighted by molar-refractivity contribution is 4.86. The minimum Gasteiger partial charge on any atom is -0.329 e. The van der Waals surface area contributed by atoms with E-state index in [1.807, 2.05) is 4.68 Å². The number of tetrazole rings is 1. The van der Waals surface area contributed by atoms with Gasteiger partial charge in [-0.3, -0.25) is 4.90 Å². The van der Waals surface area contributed by atoms with Gasteiger partial charge in [0.05, 0.1) is 6.54 Å². The van der Waals surface area contributed by atoms with Crippen LogP contribution in [0.15, 0.2) is 0 Å². The van der Waals surface area contributed by atoms with Crippen LogP contribution in [0.5, 0.6) is 0 Å². The largest absolute Gasteiger partial charge is 0.329 e. The highest BCUT2D eigenvalue weighted by Crippen LogP contribution is 2.17. The molecule has 1 fully saturated rings. The van der Waals surface area contributed by atoms with Gasteiger partial charge >= 0.3 is 0 Å². The zero-order valence-electron chi connectivity index (χ0n) is 10.5. The normalized spacial score (nSPS) is 21.9. The van der Waals surface area contributed by atoms with E-state index in [1.165, 1.54) is 19.3 Å². The molecule has 0 aromatic carbocycles. The fourth-order valence-electron chi connectivity index (χ4n) is 2.44. The van der Waals surface area contributed by atoms with Crippen molar-refractivity contribution in [1.82, 2.24) is 25.1 Å². The Kier molecular flexibility index (Phi) is 4.44. The Bertz CT molecular complexity index is 336. The van der Waals surface area contributed by atoms with Crippen molar-refractivity contribution in [1.29, 1.82) is 0 Å². The zero-order chi connectivity index (χ0) is 12.1. The number of likely N-dealkylation sites (tertiary alicyclic amines) is 1. The first-order chi connectivity index (χ1) is 8.35. The molecule has 6 nitrogen and oxygen atoms in total. The summed E-state index contributed by atoms with van der Waals surface area (Å²) in [5.74, 6) is 0.965. The number of hydrogen-bond acceptors (Lipinski definition) is 5. The van der Waals surface area contributed by atoms with E-state index in [2.05, 4.69) is 27.3 Å². The van der Waals surface area contributed by atoms with Crippen LogP contribution in [-0.4, -0.2) is 44.2 Å². The van der Waals surface area contributed by atoms with Crippen LogP contribution in [0.1, 0.15) is 38.4 Å². The number of nitrogens with two attached hydrogens (primary N) is 1. The second-order valence-corrected chi connectivity index (χ2v) is 4.67. The lowest BCUT2D eigenvalue weighted by atomic mass is 10.0. The van der Waals surface area contributed by atoms with Gasteiger partial charge in [-0.1, -0.05) is 13.3 Å². The lowest BCUT2D eigenvalue weighted by Crippen LogP contribution is -2.43. The van der Waals surface area contributed by atoms with Crippen molar-refractivity contribution in [3.05, 3.63) is 5.82 Å². The van der Waals surface area contributed by atoms with Crippen LogP contribution < -0.4 is 5.73 Å². The van der Waals surface area contributed by atoms with E-state index >= 15 is 0 Å². The van der Waals surface area contributed by atoms with Crippen LogP contribution in [0, 0.1) is 0 Å². The van der Waals surface area contributed by atoms with Gasteiger partial charge in [0.15, 0.2) is 5.82 Å². The predicted molar refractivity (Wildman–Crippen MR) is 65.2 cm³/mol. The Morgan fingerprint density at radius 3 is 3.06 bits per heavy atom. The predicted octanol–water partition coefficient (Wildman–Crippen LogP) is 0.396. The molecule has 0 saturated carbocycles. The Morgan fingerprint density at radius 2 is 2.29 bits per heavy atom. The van der Waals surface area contributed by atoms with Crippen LogP contribution >= 0.6 is 0 Å². The molecule has 1 aliphatic heterocycles. The van der Waals surface area contributed by atoms with E-state index in [-0.39, 0.29) is 0 Å². The maximum atomic E-state index is 5.82. The molecule has 1 aliphatic rings. The second-order valence-electron chi connectivity index (χ2n) is 4.67. The molecule has 1 unspecified atom stereocenters. The van der Waals surface area contributed by atoms with Crippen LogP contribution in [0.25, 0.3) is 0 Å². The molecule has 1 atom stereocenters. The number of nitrogens with zero attached hydrogens (tertiary/aromatic N) is 5. The van der Waals surface area contributed by atoms with Crippen LogP contribution in [-0.2, 0) is 13.1 Å². The summed E-state index contributed by atoms with van der Waals surface area (Å²) in [6.07, 6.45) is 4.80. The fraction of sp³-hybridized carbons (Fsp3) is 0.909. The van der Waals surface area contributed by atoms with Crippen molar-refractivity contribution in [3.8, 4) is 0 Å². The number of hydrogen-bond donors (Lipinski definition) is 1. The molecule has 96 valence electrons. The SMILES string of the molecule is CCCn1nnnc1CN1CCCCC1CN. The third-order valence-corrected chi connectivity index (χ3v) is 3.41. The van der Waals surface area contributed by atoms with Gasteiger partial charge < -0.3 is 5.73 Å². The van der Waals surface area contributed by atoms with Gasteiger partial charge in [0.25, 0.3) is 0 Å². The van der Waals surface area contributed by atoms with Gasteiger partial charge in [-0.05, 0) is 36.2 Å². The maximum Gasteiger partial charge on any atom is 0.165 e. The lowest BCUT2D eigenvalue weighted by Gasteiger charge is -2.34. The third kappa shape index (κ3) is 3.01. The molecule has 17 heavy (non-hydrogen) atoms. The van der Waals surface area contributed by atoms with Crippen molar-refractivity contribution in [2.24, 2.45) is 5.73 Å². The summed E-state index contributed by atoms with van der Waals surface area (Å²) < 4.78 is 1.90. The number of piperidine rings is 1. The molecule has 1 aromatic heterocycles. The average Bonchev–Trinajstić information content (AvgIpc) is 2.78. The Balaban J connectivity index is 2.00. The molecule has 0 aliphatic carbocycles. The number of aryl methyl sites for hydroxylation is 1. The molecule has 0 amide bonds. The first-order valence-corrected chi connectivity index (χ1v) is 6.54. The zero-order valence-corrected chi connectivity index (χ0v) is 10.5. The Morgan fingerprint density at radius 1 is 1.41 bits per heavy atom. The molecule has 0 radical (unpaired) electrons. The Hall–Kier alpha value is -1.01. The van der Waals surface area contributed by atoms with E-state index in [0.29, 0.717) is 6.04 Å². The van der Waals surface area contributed by atoms with E-state index in [4.69, 9.17) is 5.73 Å².